The van der Waals surface area contributed by atoms with Gasteiger partial charge in [0.25, 0.3) is 5.91 Å². The lowest BCUT2D eigenvalue weighted by Gasteiger charge is -2.34. The molecular weight excluding hydrogens is 314 g/mol. The highest BCUT2D eigenvalue weighted by atomic mass is 16.2. The summed E-state index contributed by atoms with van der Waals surface area (Å²) < 4.78 is 0. The minimum atomic E-state index is 0.128. The first-order valence-corrected chi connectivity index (χ1v) is 9.08. The van der Waals surface area contributed by atoms with Crippen molar-refractivity contribution < 1.29 is 4.79 Å². The van der Waals surface area contributed by atoms with Crippen molar-refractivity contribution in [3.63, 3.8) is 0 Å². The molecule has 1 aromatic heterocycles. The number of piperazine rings is 1. The predicted octanol–water partition coefficient (Wildman–Crippen LogP) is 2.45. The molecule has 0 unspecified atom stereocenters. The molecule has 134 valence electrons. The molecule has 0 radical (unpaired) electrons. The fourth-order valence-corrected chi connectivity index (χ4v) is 3.08. The smallest absolute Gasteiger partial charge is 0.253 e. The number of rotatable bonds is 5. The molecule has 1 amide bonds. The molecule has 0 aliphatic carbocycles. The van der Waals surface area contributed by atoms with Crippen molar-refractivity contribution in [2.45, 2.75) is 39.7 Å². The van der Waals surface area contributed by atoms with Crippen LogP contribution in [0.3, 0.4) is 0 Å². The van der Waals surface area contributed by atoms with Gasteiger partial charge in [0.1, 0.15) is 11.6 Å². The molecule has 0 saturated carbocycles. The summed E-state index contributed by atoms with van der Waals surface area (Å²) in [5.74, 6) is 2.37. The standard InChI is InChI=1S/C19H27N5O/c1-4-17-20-18(22-21-17)13-23-9-11-24(12-10-23)19(25)16-7-5-15(6-8-16)14(2)3/h5-8,14H,4,9-13H2,1-3H3,(H,20,21,22). The minimum absolute atomic E-state index is 0.128. The molecule has 1 saturated heterocycles. The van der Waals surface area contributed by atoms with Crippen molar-refractivity contribution in [2.24, 2.45) is 0 Å². The number of amides is 1. The largest absolute Gasteiger partial charge is 0.336 e. The molecule has 6 nitrogen and oxygen atoms in total. The van der Waals surface area contributed by atoms with E-state index in [-0.39, 0.29) is 5.91 Å². The Hall–Kier alpha value is -2.21. The summed E-state index contributed by atoms with van der Waals surface area (Å²) in [4.78, 5) is 21.4. The Morgan fingerprint density at radius 3 is 2.40 bits per heavy atom. The minimum Gasteiger partial charge on any atom is -0.336 e. The first-order chi connectivity index (χ1) is 12.1. The van der Waals surface area contributed by atoms with E-state index >= 15 is 0 Å². The van der Waals surface area contributed by atoms with Gasteiger partial charge in [-0.15, -0.1) is 0 Å². The Kier molecular flexibility index (Phi) is 5.48. The van der Waals surface area contributed by atoms with Gasteiger partial charge in [0, 0.05) is 38.2 Å². The molecule has 1 aromatic carbocycles. The van der Waals surface area contributed by atoms with Gasteiger partial charge in [-0.2, -0.15) is 5.10 Å². The maximum absolute atomic E-state index is 12.7. The van der Waals surface area contributed by atoms with Gasteiger partial charge in [0.15, 0.2) is 0 Å². The number of aryl methyl sites for hydroxylation is 1. The van der Waals surface area contributed by atoms with E-state index in [1.807, 2.05) is 24.0 Å². The van der Waals surface area contributed by atoms with Gasteiger partial charge < -0.3 is 4.90 Å². The molecule has 0 spiro atoms. The number of aromatic nitrogens is 3. The first kappa shape index (κ1) is 17.6. The number of H-pyrrole nitrogens is 1. The van der Waals surface area contributed by atoms with Gasteiger partial charge >= 0.3 is 0 Å². The Morgan fingerprint density at radius 2 is 1.84 bits per heavy atom. The second kappa shape index (κ2) is 7.78. The summed E-state index contributed by atoms with van der Waals surface area (Å²) in [5, 5.41) is 7.17. The zero-order chi connectivity index (χ0) is 17.8. The number of benzene rings is 1. The van der Waals surface area contributed by atoms with Crippen LogP contribution in [0, 0.1) is 0 Å². The molecule has 1 fully saturated rings. The summed E-state index contributed by atoms with van der Waals surface area (Å²) in [6, 6.07) is 8.02. The fourth-order valence-electron chi connectivity index (χ4n) is 3.08. The lowest BCUT2D eigenvalue weighted by atomic mass is 10.0. The lowest BCUT2D eigenvalue weighted by molar-refractivity contribution is 0.0625. The van der Waals surface area contributed by atoms with E-state index < -0.39 is 0 Å². The molecule has 1 aliphatic heterocycles. The molecule has 1 N–H and O–H groups in total. The van der Waals surface area contributed by atoms with E-state index in [2.05, 4.69) is 46.1 Å². The van der Waals surface area contributed by atoms with Crippen LogP contribution in [0.15, 0.2) is 24.3 Å². The molecule has 1 aliphatic rings. The summed E-state index contributed by atoms with van der Waals surface area (Å²) in [7, 11) is 0. The molecular formula is C19H27N5O. The van der Waals surface area contributed by atoms with E-state index in [4.69, 9.17) is 0 Å². The predicted molar refractivity (Wildman–Crippen MR) is 97.5 cm³/mol. The third-order valence-electron chi connectivity index (χ3n) is 4.75. The third kappa shape index (κ3) is 4.25. The normalized spacial score (nSPS) is 15.8. The maximum Gasteiger partial charge on any atom is 0.253 e. The highest BCUT2D eigenvalue weighted by Crippen LogP contribution is 2.16. The van der Waals surface area contributed by atoms with Gasteiger partial charge in [-0.05, 0) is 23.6 Å². The Labute approximate surface area is 149 Å². The topological polar surface area (TPSA) is 65.1 Å². The second-order valence-electron chi connectivity index (χ2n) is 6.90. The highest BCUT2D eigenvalue weighted by molar-refractivity contribution is 5.94. The number of carbonyl (C=O) groups excluding carboxylic acids is 1. The van der Waals surface area contributed by atoms with Crippen LogP contribution in [-0.4, -0.2) is 57.1 Å². The Balaban J connectivity index is 1.53. The van der Waals surface area contributed by atoms with Gasteiger partial charge in [-0.3, -0.25) is 14.8 Å². The lowest BCUT2D eigenvalue weighted by Crippen LogP contribution is -2.48. The maximum atomic E-state index is 12.7. The van der Waals surface area contributed by atoms with Crippen molar-refractivity contribution in [3.8, 4) is 0 Å². The molecule has 0 bridgehead atoms. The quantitative estimate of drug-likeness (QED) is 0.907. The molecule has 0 atom stereocenters. The molecule has 6 heteroatoms. The van der Waals surface area contributed by atoms with E-state index in [0.29, 0.717) is 5.92 Å². The number of hydrogen-bond donors (Lipinski definition) is 1. The first-order valence-electron chi connectivity index (χ1n) is 9.08. The average Bonchev–Trinajstić information content (AvgIpc) is 3.09. The molecule has 3 rings (SSSR count). The van der Waals surface area contributed by atoms with Gasteiger partial charge in [0.05, 0.1) is 6.54 Å². The van der Waals surface area contributed by atoms with E-state index in [1.165, 1.54) is 5.56 Å². The number of nitrogens with zero attached hydrogens (tertiary/aromatic N) is 4. The van der Waals surface area contributed by atoms with Crippen LogP contribution in [0.5, 0.6) is 0 Å². The van der Waals surface area contributed by atoms with Gasteiger partial charge in [-0.1, -0.05) is 32.9 Å². The van der Waals surface area contributed by atoms with E-state index in [0.717, 1.165) is 56.4 Å². The highest BCUT2D eigenvalue weighted by Gasteiger charge is 2.22. The second-order valence-corrected chi connectivity index (χ2v) is 6.90. The zero-order valence-corrected chi connectivity index (χ0v) is 15.3. The SMILES string of the molecule is CCc1n[nH]c(CN2CCN(C(=O)c3ccc(C(C)C)cc3)CC2)n1. The number of hydrogen-bond acceptors (Lipinski definition) is 4. The number of nitrogens with one attached hydrogen (secondary N) is 1. The average molecular weight is 341 g/mol. The van der Waals surface area contributed by atoms with Crippen molar-refractivity contribution in [1.29, 1.82) is 0 Å². The van der Waals surface area contributed by atoms with E-state index in [1.54, 1.807) is 0 Å². The number of carbonyl (C=O) groups is 1. The summed E-state index contributed by atoms with van der Waals surface area (Å²) in [5.41, 5.74) is 2.04. The monoisotopic (exact) mass is 341 g/mol. The zero-order valence-electron chi connectivity index (χ0n) is 15.3. The van der Waals surface area contributed by atoms with E-state index in [9.17, 15) is 4.79 Å². The van der Waals surface area contributed by atoms with Gasteiger partial charge in [0.2, 0.25) is 0 Å². The molecule has 25 heavy (non-hydrogen) atoms. The van der Waals surface area contributed by atoms with Crippen molar-refractivity contribution >= 4 is 5.91 Å². The summed E-state index contributed by atoms with van der Waals surface area (Å²) in [6.07, 6.45) is 0.842. The Bertz CT molecular complexity index is 699. The van der Waals surface area contributed by atoms with Crippen LogP contribution >= 0.6 is 0 Å². The van der Waals surface area contributed by atoms with Crippen LogP contribution in [0.2, 0.25) is 0 Å². The summed E-state index contributed by atoms with van der Waals surface area (Å²) in [6.45, 7) is 10.3. The Morgan fingerprint density at radius 1 is 1.16 bits per heavy atom. The van der Waals surface area contributed by atoms with Crippen LogP contribution in [0.1, 0.15) is 54.3 Å². The fraction of sp³-hybridized carbons (Fsp3) is 0.526. The van der Waals surface area contributed by atoms with Crippen LogP contribution in [-0.2, 0) is 13.0 Å². The van der Waals surface area contributed by atoms with Crippen molar-refractivity contribution in [2.75, 3.05) is 26.2 Å². The van der Waals surface area contributed by atoms with Gasteiger partial charge in [-0.25, -0.2) is 4.98 Å². The molecule has 2 heterocycles. The molecule has 2 aromatic rings. The third-order valence-corrected chi connectivity index (χ3v) is 4.75. The van der Waals surface area contributed by atoms with Crippen LogP contribution in [0.25, 0.3) is 0 Å². The number of aromatic amines is 1. The van der Waals surface area contributed by atoms with Crippen LogP contribution < -0.4 is 0 Å². The van der Waals surface area contributed by atoms with Crippen LogP contribution in [0.4, 0.5) is 0 Å². The summed E-state index contributed by atoms with van der Waals surface area (Å²) >= 11 is 0. The van der Waals surface area contributed by atoms with Crippen molar-refractivity contribution in [3.05, 3.63) is 47.0 Å². The van der Waals surface area contributed by atoms with Crippen molar-refractivity contribution in [1.82, 2.24) is 25.0 Å².